The highest BCUT2D eigenvalue weighted by atomic mass is 35.5. The average Bonchev–Trinajstić information content (AvgIpc) is 2.55. The Hall–Kier alpha value is -2.27. The highest BCUT2D eigenvalue weighted by molar-refractivity contribution is 6.34. The van der Waals surface area contributed by atoms with Crippen LogP contribution in [0.5, 0.6) is 11.5 Å². The topological polar surface area (TPSA) is 61.6 Å². The van der Waals surface area contributed by atoms with Crippen LogP contribution in [0.3, 0.4) is 0 Å². The van der Waals surface area contributed by atoms with Gasteiger partial charge in [0.05, 0.1) is 29.2 Å². The van der Waals surface area contributed by atoms with Gasteiger partial charge in [-0.05, 0) is 31.0 Å². The summed E-state index contributed by atoms with van der Waals surface area (Å²) in [6.07, 6.45) is 1.88. The number of aryl methyl sites for hydroxylation is 1. The Morgan fingerprint density at radius 2 is 2.00 bits per heavy atom. The number of unbranched alkanes of at least 4 members (excludes halogenated alkanes) is 1. The molecular formula is C18H20ClNO4. The minimum absolute atomic E-state index is 0.0453. The van der Waals surface area contributed by atoms with E-state index in [1.165, 1.54) is 6.07 Å². The number of nitro benzene ring substituents is 1. The minimum Gasteiger partial charge on any atom is -0.497 e. The van der Waals surface area contributed by atoms with Gasteiger partial charge in [-0.1, -0.05) is 31.0 Å². The third-order valence-electron chi connectivity index (χ3n) is 3.70. The Morgan fingerprint density at radius 3 is 2.62 bits per heavy atom. The molecular weight excluding hydrogens is 330 g/mol. The molecule has 2 aromatic carbocycles. The summed E-state index contributed by atoms with van der Waals surface area (Å²) in [5.74, 6) is 1.17. The summed E-state index contributed by atoms with van der Waals surface area (Å²) in [5.41, 5.74) is 1.76. The van der Waals surface area contributed by atoms with Gasteiger partial charge in [0.2, 0.25) is 0 Å². The van der Waals surface area contributed by atoms with E-state index in [2.05, 4.69) is 6.92 Å². The zero-order chi connectivity index (χ0) is 17.7. The van der Waals surface area contributed by atoms with Gasteiger partial charge in [0.1, 0.15) is 11.5 Å². The van der Waals surface area contributed by atoms with Crippen LogP contribution in [0.2, 0.25) is 5.02 Å². The molecule has 0 atom stereocenters. The summed E-state index contributed by atoms with van der Waals surface area (Å²) in [6.45, 7) is 4.45. The molecule has 0 unspecified atom stereocenters. The van der Waals surface area contributed by atoms with Gasteiger partial charge in [-0.2, -0.15) is 0 Å². The van der Waals surface area contributed by atoms with Crippen LogP contribution >= 0.6 is 11.6 Å². The van der Waals surface area contributed by atoms with Crippen molar-refractivity contribution < 1.29 is 14.4 Å². The number of benzene rings is 2. The van der Waals surface area contributed by atoms with Crippen LogP contribution < -0.4 is 9.47 Å². The maximum absolute atomic E-state index is 11.4. The molecule has 0 spiro atoms. The van der Waals surface area contributed by atoms with Crippen molar-refractivity contribution in [3.05, 3.63) is 51.0 Å². The van der Waals surface area contributed by atoms with Crippen LogP contribution in [0, 0.1) is 17.0 Å². The first kappa shape index (κ1) is 18.1. The van der Waals surface area contributed by atoms with E-state index >= 15 is 0 Å². The second-order valence-corrected chi connectivity index (χ2v) is 5.82. The molecule has 24 heavy (non-hydrogen) atoms. The molecule has 0 heterocycles. The zero-order valence-electron chi connectivity index (χ0n) is 14.0. The number of nitrogens with zero attached hydrogens (tertiary/aromatic N) is 1. The van der Waals surface area contributed by atoms with E-state index in [0.29, 0.717) is 34.3 Å². The van der Waals surface area contributed by atoms with Crippen LogP contribution in [0.1, 0.15) is 25.3 Å². The largest absolute Gasteiger partial charge is 0.497 e. The smallest absolute Gasteiger partial charge is 0.278 e. The van der Waals surface area contributed by atoms with Crippen molar-refractivity contribution in [3.63, 3.8) is 0 Å². The number of halogens is 1. The standard InChI is InChI=1S/C18H20ClNO4/c1-4-5-9-24-16-11-13(23-3)10-12(2)17(16)18-14(19)7-6-8-15(18)20(21)22/h6-8,10-11H,4-5,9H2,1-3H3. The quantitative estimate of drug-likeness (QED) is 0.381. The Kier molecular flexibility index (Phi) is 6.04. The second kappa shape index (κ2) is 8.02. The Morgan fingerprint density at radius 1 is 1.25 bits per heavy atom. The zero-order valence-corrected chi connectivity index (χ0v) is 14.7. The van der Waals surface area contributed by atoms with Gasteiger partial charge in [-0.25, -0.2) is 0 Å². The normalized spacial score (nSPS) is 10.5. The van der Waals surface area contributed by atoms with Crippen molar-refractivity contribution in [1.82, 2.24) is 0 Å². The van der Waals surface area contributed by atoms with Gasteiger partial charge in [0.25, 0.3) is 5.69 Å². The van der Waals surface area contributed by atoms with E-state index in [4.69, 9.17) is 21.1 Å². The summed E-state index contributed by atoms with van der Waals surface area (Å²) >= 11 is 6.30. The molecule has 0 bridgehead atoms. The first-order valence-corrected chi connectivity index (χ1v) is 8.12. The van der Waals surface area contributed by atoms with Crippen molar-refractivity contribution in [1.29, 1.82) is 0 Å². The average molecular weight is 350 g/mol. The summed E-state index contributed by atoms with van der Waals surface area (Å²) in [4.78, 5) is 11.0. The molecule has 0 aliphatic carbocycles. The number of methoxy groups -OCH3 is 1. The van der Waals surface area contributed by atoms with Crippen LogP contribution in [0.25, 0.3) is 11.1 Å². The lowest BCUT2D eigenvalue weighted by molar-refractivity contribution is -0.384. The van der Waals surface area contributed by atoms with Gasteiger partial charge in [-0.15, -0.1) is 0 Å². The van der Waals surface area contributed by atoms with E-state index in [1.807, 2.05) is 13.0 Å². The third kappa shape index (κ3) is 3.79. The fourth-order valence-corrected chi connectivity index (χ4v) is 2.78. The third-order valence-corrected chi connectivity index (χ3v) is 4.02. The maximum Gasteiger partial charge on any atom is 0.278 e. The SMILES string of the molecule is CCCCOc1cc(OC)cc(C)c1-c1c(Cl)cccc1[N+](=O)[O-]. The molecule has 0 saturated carbocycles. The lowest BCUT2D eigenvalue weighted by Crippen LogP contribution is -2.02. The number of ether oxygens (including phenoxy) is 2. The lowest BCUT2D eigenvalue weighted by Gasteiger charge is -2.17. The molecule has 128 valence electrons. The van der Waals surface area contributed by atoms with Crippen molar-refractivity contribution in [2.24, 2.45) is 0 Å². The van der Waals surface area contributed by atoms with Gasteiger partial charge in [-0.3, -0.25) is 10.1 Å². The number of rotatable bonds is 7. The van der Waals surface area contributed by atoms with Crippen LogP contribution in [-0.4, -0.2) is 18.6 Å². The predicted molar refractivity (Wildman–Crippen MR) is 95.2 cm³/mol. The monoisotopic (exact) mass is 349 g/mol. The summed E-state index contributed by atoms with van der Waals surface area (Å²) in [7, 11) is 1.57. The van der Waals surface area contributed by atoms with E-state index < -0.39 is 4.92 Å². The Balaban J connectivity index is 2.67. The summed E-state index contributed by atoms with van der Waals surface area (Å²) < 4.78 is 11.2. The number of hydrogen-bond donors (Lipinski definition) is 0. The van der Waals surface area contributed by atoms with E-state index in [1.54, 1.807) is 25.3 Å². The molecule has 5 nitrogen and oxygen atoms in total. The molecule has 0 saturated heterocycles. The molecule has 0 N–H and O–H groups in total. The van der Waals surface area contributed by atoms with Gasteiger partial charge in [0.15, 0.2) is 0 Å². The molecule has 0 aliphatic rings. The van der Waals surface area contributed by atoms with Crippen molar-refractivity contribution in [3.8, 4) is 22.6 Å². The van der Waals surface area contributed by atoms with Crippen LogP contribution in [-0.2, 0) is 0 Å². The molecule has 2 aromatic rings. The predicted octanol–water partition coefficient (Wildman–Crippen LogP) is 5.41. The molecule has 0 radical (unpaired) electrons. The Bertz CT molecular complexity index is 746. The maximum atomic E-state index is 11.4. The van der Waals surface area contributed by atoms with Crippen LogP contribution in [0.15, 0.2) is 30.3 Å². The van der Waals surface area contributed by atoms with Crippen molar-refractivity contribution in [2.75, 3.05) is 13.7 Å². The summed E-state index contributed by atoms with van der Waals surface area (Å²) in [6, 6.07) is 8.21. The highest BCUT2D eigenvalue weighted by Gasteiger charge is 2.24. The van der Waals surface area contributed by atoms with Crippen molar-refractivity contribution >= 4 is 17.3 Å². The molecule has 6 heteroatoms. The van der Waals surface area contributed by atoms with E-state index in [9.17, 15) is 10.1 Å². The molecule has 0 amide bonds. The van der Waals surface area contributed by atoms with E-state index in [-0.39, 0.29) is 5.69 Å². The first-order chi connectivity index (χ1) is 11.5. The Labute approximate surface area is 146 Å². The second-order valence-electron chi connectivity index (χ2n) is 5.41. The van der Waals surface area contributed by atoms with E-state index in [0.717, 1.165) is 18.4 Å². The molecule has 2 rings (SSSR count). The first-order valence-electron chi connectivity index (χ1n) is 7.74. The van der Waals surface area contributed by atoms with Gasteiger partial charge < -0.3 is 9.47 Å². The molecule has 0 fully saturated rings. The highest BCUT2D eigenvalue weighted by Crippen LogP contribution is 2.44. The molecule has 0 aliphatic heterocycles. The van der Waals surface area contributed by atoms with Gasteiger partial charge in [0, 0.05) is 17.7 Å². The van der Waals surface area contributed by atoms with Crippen molar-refractivity contribution in [2.45, 2.75) is 26.7 Å². The van der Waals surface area contributed by atoms with Gasteiger partial charge >= 0.3 is 0 Å². The number of nitro groups is 1. The number of hydrogen-bond acceptors (Lipinski definition) is 4. The summed E-state index contributed by atoms with van der Waals surface area (Å²) in [5, 5.41) is 11.8. The fraction of sp³-hybridized carbons (Fsp3) is 0.333. The van der Waals surface area contributed by atoms with Crippen LogP contribution in [0.4, 0.5) is 5.69 Å². The lowest BCUT2D eigenvalue weighted by atomic mass is 9.97. The molecule has 0 aromatic heterocycles. The fourth-order valence-electron chi connectivity index (χ4n) is 2.51. The minimum atomic E-state index is -0.430.